The number of piperidine rings is 1. The highest BCUT2D eigenvalue weighted by molar-refractivity contribution is 7.90. The Morgan fingerprint density at radius 1 is 1.26 bits per heavy atom. The third kappa shape index (κ3) is 4.76. The predicted octanol–water partition coefficient (Wildman–Crippen LogP) is 0.410. The Bertz CT molecular complexity index is 423. The van der Waals surface area contributed by atoms with Gasteiger partial charge in [0.05, 0.1) is 5.75 Å². The zero-order valence-corrected chi connectivity index (χ0v) is 12.6. The lowest BCUT2D eigenvalue weighted by Crippen LogP contribution is -2.48. The van der Waals surface area contributed by atoms with Crippen LogP contribution in [0, 0.1) is 5.92 Å². The van der Waals surface area contributed by atoms with Crippen LogP contribution in [0.2, 0.25) is 0 Å². The number of nitrogens with one attached hydrogen (secondary N) is 1. The van der Waals surface area contributed by atoms with Crippen molar-refractivity contribution >= 4 is 15.7 Å². The number of carbonyl (C=O) groups excluding carboxylic acids is 1. The molecule has 1 aliphatic heterocycles. The molecule has 1 aliphatic carbocycles. The molecule has 0 aromatic rings. The summed E-state index contributed by atoms with van der Waals surface area (Å²) in [6, 6.07) is 0.311. The standard InChI is InChI=1S/C13H24N2O3S/c1-10(9-19(2,17)18)14-12-5-7-15(8-6-12)13(16)11-3-4-11/h10-12,14H,3-9H2,1-2H3. The van der Waals surface area contributed by atoms with Gasteiger partial charge in [-0.2, -0.15) is 0 Å². The zero-order valence-electron chi connectivity index (χ0n) is 11.8. The Labute approximate surface area is 115 Å². The Kier molecular flexibility index (Phi) is 4.50. The van der Waals surface area contributed by atoms with Crippen molar-refractivity contribution in [2.75, 3.05) is 25.1 Å². The molecule has 2 fully saturated rings. The minimum atomic E-state index is -2.93. The molecule has 2 aliphatic rings. The molecule has 19 heavy (non-hydrogen) atoms. The Hall–Kier alpha value is -0.620. The van der Waals surface area contributed by atoms with E-state index in [1.165, 1.54) is 6.26 Å². The first-order valence-corrected chi connectivity index (χ1v) is 9.14. The van der Waals surface area contributed by atoms with Crippen LogP contribution < -0.4 is 5.32 Å². The molecule has 1 heterocycles. The molecular weight excluding hydrogens is 264 g/mol. The minimum absolute atomic E-state index is 0.0225. The highest BCUT2D eigenvalue weighted by atomic mass is 32.2. The summed E-state index contributed by atoms with van der Waals surface area (Å²) in [5.74, 6) is 0.796. The van der Waals surface area contributed by atoms with Crippen molar-refractivity contribution in [1.82, 2.24) is 10.2 Å². The lowest BCUT2D eigenvalue weighted by atomic mass is 10.0. The first kappa shape index (κ1) is 14.8. The fraction of sp³-hybridized carbons (Fsp3) is 0.923. The van der Waals surface area contributed by atoms with E-state index in [0.717, 1.165) is 38.8 Å². The van der Waals surface area contributed by atoms with E-state index in [1.54, 1.807) is 0 Å². The molecule has 0 radical (unpaired) electrons. The molecule has 5 nitrogen and oxygen atoms in total. The SMILES string of the molecule is CC(CS(C)(=O)=O)NC1CCN(C(=O)C2CC2)CC1. The quantitative estimate of drug-likeness (QED) is 0.796. The summed E-state index contributed by atoms with van der Waals surface area (Å²) in [7, 11) is -2.93. The van der Waals surface area contributed by atoms with Crippen molar-refractivity contribution in [2.24, 2.45) is 5.92 Å². The van der Waals surface area contributed by atoms with Crippen LogP contribution in [0.25, 0.3) is 0 Å². The number of carbonyl (C=O) groups is 1. The van der Waals surface area contributed by atoms with Crippen LogP contribution in [0.15, 0.2) is 0 Å². The molecule has 1 saturated heterocycles. The molecule has 0 bridgehead atoms. The monoisotopic (exact) mass is 288 g/mol. The highest BCUT2D eigenvalue weighted by Crippen LogP contribution is 2.31. The maximum Gasteiger partial charge on any atom is 0.225 e. The maximum absolute atomic E-state index is 11.9. The number of hydrogen-bond donors (Lipinski definition) is 1. The van der Waals surface area contributed by atoms with Crippen molar-refractivity contribution in [3.05, 3.63) is 0 Å². The molecule has 0 spiro atoms. The fourth-order valence-electron chi connectivity index (χ4n) is 2.76. The predicted molar refractivity (Wildman–Crippen MR) is 74.6 cm³/mol. The third-order valence-electron chi connectivity index (χ3n) is 3.81. The highest BCUT2D eigenvalue weighted by Gasteiger charge is 2.35. The molecule has 0 aromatic heterocycles. The maximum atomic E-state index is 11.9. The van der Waals surface area contributed by atoms with E-state index in [0.29, 0.717) is 17.9 Å². The van der Waals surface area contributed by atoms with Gasteiger partial charge < -0.3 is 10.2 Å². The smallest absolute Gasteiger partial charge is 0.225 e. The van der Waals surface area contributed by atoms with E-state index in [4.69, 9.17) is 0 Å². The van der Waals surface area contributed by atoms with Gasteiger partial charge in [0.15, 0.2) is 0 Å². The summed E-state index contributed by atoms with van der Waals surface area (Å²) >= 11 is 0. The molecule has 1 unspecified atom stereocenters. The van der Waals surface area contributed by atoms with E-state index in [1.807, 2.05) is 11.8 Å². The summed E-state index contributed by atoms with van der Waals surface area (Å²) in [4.78, 5) is 13.9. The number of amides is 1. The first-order chi connectivity index (χ1) is 8.85. The third-order valence-corrected chi connectivity index (χ3v) is 4.91. The second-order valence-corrected chi connectivity index (χ2v) is 8.22. The Morgan fingerprint density at radius 2 is 1.84 bits per heavy atom. The van der Waals surface area contributed by atoms with E-state index in [2.05, 4.69) is 5.32 Å². The van der Waals surface area contributed by atoms with Crippen LogP contribution >= 0.6 is 0 Å². The average molecular weight is 288 g/mol. The average Bonchev–Trinajstić information content (AvgIpc) is 3.10. The van der Waals surface area contributed by atoms with Crippen molar-refractivity contribution in [3.63, 3.8) is 0 Å². The van der Waals surface area contributed by atoms with Gasteiger partial charge in [-0.15, -0.1) is 0 Å². The van der Waals surface area contributed by atoms with Crippen LogP contribution in [-0.4, -0.2) is 56.4 Å². The Morgan fingerprint density at radius 3 is 2.32 bits per heavy atom. The molecule has 2 rings (SSSR count). The van der Waals surface area contributed by atoms with Crippen LogP contribution in [-0.2, 0) is 14.6 Å². The number of likely N-dealkylation sites (tertiary alicyclic amines) is 1. The molecule has 1 saturated carbocycles. The second-order valence-electron chi connectivity index (χ2n) is 6.03. The molecule has 1 amide bonds. The van der Waals surface area contributed by atoms with Gasteiger partial charge in [-0.3, -0.25) is 4.79 Å². The molecule has 110 valence electrons. The van der Waals surface area contributed by atoms with Gasteiger partial charge in [-0.1, -0.05) is 0 Å². The zero-order chi connectivity index (χ0) is 14.0. The lowest BCUT2D eigenvalue weighted by Gasteiger charge is -2.34. The lowest BCUT2D eigenvalue weighted by molar-refractivity contribution is -0.133. The summed E-state index contributed by atoms with van der Waals surface area (Å²) < 4.78 is 22.4. The van der Waals surface area contributed by atoms with Crippen LogP contribution in [0.1, 0.15) is 32.6 Å². The molecule has 0 aromatic carbocycles. The summed E-state index contributed by atoms with van der Waals surface area (Å²) in [5, 5.41) is 3.36. The van der Waals surface area contributed by atoms with Gasteiger partial charge in [0.25, 0.3) is 0 Å². The Balaban J connectivity index is 1.72. The fourth-order valence-corrected chi connectivity index (χ4v) is 3.76. The van der Waals surface area contributed by atoms with E-state index in [-0.39, 0.29) is 11.8 Å². The second kappa shape index (κ2) is 5.79. The summed E-state index contributed by atoms with van der Waals surface area (Å²) in [6.07, 6.45) is 5.23. The number of sulfone groups is 1. The van der Waals surface area contributed by atoms with Gasteiger partial charge in [-0.05, 0) is 32.6 Å². The van der Waals surface area contributed by atoms with Crippen LogP contribution in [0.4, 0.5) is 0 Å². The van der Waals surface area contributed by atoms with Crippen molar-refractivity contribution < 1.29 is 13.2 Å². The summed E-state index contributed by atoms with van der Waals surface area (Å²) in [6.45, 7) is 3.51. The molecule has 1 N–H and O–H groups in total. The normalized spacial score (nSPS) is 23.4. The van der Waals surface area contributed by atoms with E-state index < -0.39 is 9.84 Å². The van der Waals surface area contributed by atoms with Crippen LogP contribution in [0.3, 0.4) is 0 Å². The van der Waals surface area contributed by atoms with Gasteiger partial charge >= 0.3 is 0 Å². The molecular formula is C13H24N2O3S. The van der Waals surface area contributed by atoms with Crippen molar-refractivity contribution in [1.29, 1.82) is 0 Å². The van der Waals surface area contributed by atoms with E-state index in [9.17, 15) is 13.2 Å². The topological polar surface area (TPSA) is 66.5 Å². The van der Waals surface area contributed by atoms with Crippen molar-refractivity contribution in [2.45, 2.75) is 44.7 Å². The van der Waals surface area contributed by atoms with Gasteiger partial charge in [0.2, 0.25) is 5.91 Å². The molecule has 6 heteroatoms. The van der Waals surface area contributed by atoms with Gasteiger partial charge in [-0.25, -0.2) is 8.42 Å². The van der Waals surface area contributed by atoms with Gasteiger partial charge in [0, 0.05) is 37.3 Å². The summed E-state index contributed by atoms with van der Waals surface area (Å²) in [5.41, 5.74) is 0. The van der Waals surface area contributed by atoms with Crippen LogP contribution in [0.5, 0.6) is 0 Å². The first-order valence-electron chi connectivity index (χ1n) is 7.08. The largest absolute Gasteiger partial charge is 0.342 e. The number of nitrogens with zero attached hydrogens (tertiary/aromatic N) is 1. The molecule has 1 atom stereocenters. The van der Waals surface area contributed by atoms with E-state index >= 15 is 0 Å². The van der Waals surface area contributed by atoms with Gasteiger partial charge in [0.1, 0.15) is 9.84 Å². The minimum Gasteiger partial charge on any atom is -0.342 e. The van der Waals surface area contributed by atoms with Crippen molar-refractivity contribution in [3.8, 4) is 0 Å². The number of rotatable bonds is 5. The number of hydrogen-bond acceptors (Lipinski definition) is 4.